The largest absolute Gasteiger partial charge is 0.492 e. The molecule has 3 saturated heterocycles. The predicted octanol–water partition coefficient (Wildman–Crippen LogP) is 7.02. The lowest BCUT2D eigenvalue weighted by molar-refractivity contribution is -0.0267. The van der Waals surface area contributed by atoms with Gasteiger partial charge in [-0.25, -0.2) is 9.18 Å². The Balaban J connectivity index is 1.48. The zero-order valence-corrected chi connectivity index (χ0v) is 22.2. The first kappa shape index (κ1) is 25.3. The van der Waals surface area contributed by atoms with Gasteiger partial charge in [0.1, 0.15) is 11.6 Å². The lowest BCUT2D eigenvalue weighted by Crippen LogP contribution is -2.60. The van der Waals surface area contributed by atoms with E-state index < -0.39 is 6.09 Å². The SMILES string of the molecule is CCCCOc1ccc(-c2cc3c(cc2F)[C@H](N(C(=O)O)[C@@H]2CN4CCC2CC4)C(C)(C)C3)cc1Cl. The summed E-state index contributed by atoms with van der Waals surface area (Å²) in [5.41, 5.74) is 2.64. The summed E-state index contributed by atoms with van der Waals surface area (Å²) in [4.78, 5) is 16.7. The number of carboxylic acid groups (broad SMARTS) is 1. The Kier molecular flexibility index (Phi) is 6.94. The van der Waals surface area contributed by atoms with Crippen LogP contribution < -0.4 is 4.74 Å². The van der Waals surface area contributed by atoms with Gasteiger partial charge in [0.05, 0.1) is 23.7 Å². The van der Waals surface area contributed by atoms with Gasteiger partial charge in [0.15, 0.2) is 0 Å². The number of hydrogen-bond donors (Lipinski definition) is 1. The number of piperidine rings is 3. The molecule has 194 valence electrons. The van der Waals surface area contributed by atoms with Crippen molar-refractivity contribution in [3.63, 3.8) is 0 Å². The quantitative estimate of drug-likeness (QED) is 0.403. The number of fused-ring (bicyclic) bond motifs is 4. The first-order chi connectivity index (χ1) is 17.2. The molecule has 6 rings (SSSR count). The van der Waals surface area contributed by atoms with Gasteiger partial charge in [-0.1, -0.05) is 44.9 Å². The highest BCUT2D eigenvalue weighted by atomic mass is 35.5. The van der Waals surface area contributed by atoms with Gasteiger partial charge in [-0.2, -0.15) is 0 Å². The molecule has 1 amide bonds. The number of amides is 1. The number of halogens is 2. The summed E-state index contributed by atoms with van der Waals surface area (Å²) in [6.07, 6.45) is 3.82. The Bertz CT molecular complexity index is 1150. The molecule has 0 saturated carbocycles. The fourth-order valence-electron chi connectivity index (χ4n) is 6.60. The monoisotopic (exact) mass is 514 g/mol. The summed E-state index contributed by atoms with van der Waals surface area (Å²) in [5, 5.41) is 10.9. The van der Waals surface area contributed by atoms with Crippen molar-refractivity contribution in [3.05, 3.63) is 52.3 Å². The molecule has 5 nitrogen and oxygen atoms in total. The molecule has 1 N–H and O–H groups in total. The molecular weight excluding hydrogens is 479 g/mol. The Morgan fingerprint density at radius 2 is 2.00 bits per heavy atom. The van der Waals surface area contributed by atoms with Gasteiger partial charge in [-0.05, 0) is 91.1 Å². The van der Waals surface area contributed by atoms with Crippen LogP contribution in [0.3, 0.4) is 0 Å². The van der Waals surface area contributed by atoms with Crippen molar-refractivity contribution < 1.29 is 19.0 Å². The molecule has 0 spiro atoms. The molecule has 4 aliphatic rings. The third kappa shape index (κ3) is 4.58. The summed E-state index contributed by atoms with van der Waals surface area (Å²) in [6.45, 7) is 9.76. The molecular formula is C29H36ClFN2O3. The van der Waals surface area contributed by atoms with Crippen LogP contribution in [0, 0.1) is 17.2 Å². The van der Waals surface area contributed by atoms with E-state index >= 15 is 4.39 Å². The number of benzene rings is 2. The number of rotatable bonds is 7. The molecule has 2 atom stereocenters. The summed E-state index contributed by atoms with van der Waals surface area (Å²) >= 11 is 6.47. The van der Waals surface area contributed by atoms with Crippen molar-refractivity contribution in [1.29, 1.82) is 0 Å². The number of nitrogens with zero attached hydrogens (tertiary/aromatic N) is 2. The Labute approximate surface area is 218 Å². The smallest absolute Gasteiger partial charge is 0.408 e. The zero-order valence-electron chi connectivity index (χ0n) is 21.4. The molecule has 0 radical (unpaired) electrons. The van der Waals surface area contributed by atoms with Gasteiger partial charge in [-0.3, -0.25) is 4.90 Å². The maximum Gasteiger partial charge on any atom is 0.408 e. The minimum absolute atomic E-state index is 0.0537. The van der Waals surface area contributed by atoms with Crippen LogP contribution in [-0.2, 0) is 6.42 Å². The van der Waals surface area contributed by atoms with Crippen molar-refractivity contribution >= 4 is 17.7 Å². The summed E-state index contributed by atoms with van der Waals surface area (Å²) in [6, 6.07) is 8.42. The highest BCUT2D eigenvalue weighted by molar-refractivity contribution is 6.32. The van der Waals surface area contributed by atoms with Crippen molar-refractivity contribution in [2.24, 2.45) is 11.3 Å². The number of hydrogen-bond acceptors (Lipinski definition) is 3. The molecule has 3 fully saturated rings. The summed E-state index contributed by atoms with van der Waals surface area (Å²) in [7, 11) is 0. The number of unbranched alkanes of at least 4 members (excludes halogenated alkanes) is 1. The van der Waals surface area contributed by atoms with Crippen LogP contribution in [0.4, 0.5) is 9.18 Å². The van der Waals surface area contributed by atoms with E-state index in [0.29, 0.717) is 40.8 Å². The second kappa shape index (κ2) is 9.86. The minimum atomic E-state index is -0.908. The van der Waals surface area contributed by atoms with E-state index in [9.17, 15) is 9.90 Å². The average molecular weight is 515 g/mol. The van der Waals surface area contributed by atoms with E-state index in [-0.39, 0.29) is 23.3 Å². The Hall–Kier alpha value is -2.31. The topological polar surface area (TPSA) is 53.0 Å². The molecule has 36 heavy (non-hydrogen) atoms. The van der Waals surface area contributed by atoms with Crippen LogP contribution in [0.15, 0.2) is 30.3 Å². The van der Waals surface area contributed by atoms with Crippen molar-refractivity contribution in [2.75, 3.05) is 26.2 Å². The third-order valence-corrected chi connectivity index (χ3v) is 8.68. The molecule has 2 bridgehead atoms. The van der Waals surface area contributed by atoms with Gasteiger partial charge in [0.2, 0.25) is 0 Å². The maximum atomic E-state index is 15.6. The normalized spacial score (nSPS) is 26.0. The van der Waals surface area contributed by atoms with Gasteiger partial charge in [0, 0.05) is 12.1 Å². The molecule has 3 aliphatic heterocycles. The van der Waals surface area contributed by atoms with Crippen LogP contribution in [0.25, 0.3) is 11.1 Å². The van der Waals surface area contributed by atoms with Gasteiger partial charge in [-0.15, -0.1) is 0 Å². The molecule has 2 aromatic rings. The molecule has 0 unspecified atom stereocenters. The van der Waals surface area contributed by atoms with Crippen LogP contribution >= 0.6 is 11.6 Å². The standard InChI is InChI=1S/C29H36ClFN2O3/c1-4-5-12-36-26-7-6-19(14-23(26)30)21-13-20-16-29(2,3)27(22(20)15-24(21)31)33(28(34)35)25-17-32-10-8-18(25)9-11-32/h6-7,13-15,18,25,27H,4-5,8-12,16-17H2,1-3H3,(H,34,35)/t25-,27+/m1/s1. The van der Waals surface area contributed by atoms with E-state index in [1.165, 1.54) is 0 Å². The van der Waals surface area contributed by atoms with Crippen molar-refractivity contribution in [3.8, 4) is 16.9 Å². The van der Waals surface area contributed by atoms with E-state index in [1.807, 2.05) is 12.1 Å². The van der Waals surface area contributed by atoms with Gasteiger partial charge >= 0.3 is 6.09 Å². The minimum Gasteiger partial charge on any atom is -0.492 e. The highest BCUT2D eigenvalue weighted by Gasteiger charge is 2.50. The van der Waals surface area contributed by atoms with Crippen LogP contribution in [-0.4, -0.2) is 53.3 Å². The van der Waals surface area contributed by atoms with Gasteiger partial charge < -0.3 is 14.7 Å². The number of ether oxygens (including phenoxy) is 1. The van der Waals surface area contributed by atoms with E-state index in [0.717, 1.165) is 56.4 Å². The molecule has 0 aromatic heterocycles. The molecule has 2 aromatic carbocycles. The lowest BCUT2D eigenvalue weighted by atomic mass is 9.79. The van der Waals surface area contributed by atoms with Gasteiger partial charge in [0.25, 0.3) is 0 Å². The molecule has 3 heterocycles. The summed E-state index contributed by atoms with van der Waals surface area (Å²) in [5.74, 6) is 0.618. The fraction of sp³-hybridized carbons (Fsp3) is 0.552. The van der Waals surface area contributed by atoms with Crippen molar-refractivity contribution in [2.45, 2.75) is 65.0 Å². The lowest BCUT2D eigenvalue weighted by Gasteiger charge is -2.51. The maximum absolute atomic E-state index is 15.6. The van der Waals surface area contributed by atoms with Crippen molar-refractivity contribution in [1.82, 2.24) is 9.80 Å². The van der Waals surface area contributed by atoms with E-state index in [4.69, 9.17) is 16.3 Å². The Morgan fingerprint density at radius 3 is 2.61 bits per heavy atom. The highest BCUT2D eigenvalue weighted by Crippen LogP contribution is 2.52. The first-order valence-corrected chi connectivity index (χ1v) is 13.6. The van der Waals surface area contributed by atoms with Crippen LogP contribution in [0.5, 0.6) is 5.75 Å². The van der Waals surface area contributed by atoms with E-state index in [2.05, 4.69) is 25.7 Å². The fourth-order valence-corrected chi connectivity index (χ4v) is 6.84. The summed E-state index contributed by atoms with van der Waals surface area (Å²) < 4.78 is 21.4. The second-order valence-electron chi connectivity index (χ2n) is 11.3. The molecule has 1 aliphatic carbocycles. The van der Waals surface area contributed by atoms with Crippen LogP contribution in [0.2, 0.25) is 5.02 Å². The third-order valence-electron chi connectivity index (χ3n) is 8.39. The zero-order chi connectivity index (χ0) is 25.6. The second-order valence-corrected chi connectivity index (χ2v) is 11.7. The van der Waals surface area contributed by atoms with Crippen LogP contribution in [0.1, 0.15) is 63.6 Å². The number of carbonyl (C=O) groups is 1. The average Bonchev–Trinajstić information content (AvgIpc) is 3.09. The Morgan fingerprint density at radius 1 is 1.25 bits per heavy atom. The molecule has 7 heteroatoms. The first-order valence-electron chi connectivity index (χ1n) is 13.2. The van der Waals surface area contributed by atoms with E-state index in [1.54, 1.807) is 23.1 Å². The predicted molar refractivity (Wildman–Crippen MR) is 140 cm³/mol.